The van der Waals surface area contributed by atoms with E-state index in [9.17, 15) is 13.2 Å². The molecule has 1 saturated heterocycles. The van der Waals surface area contributed by atoms with Gasteiger partial charge in [0.15, 0.2) is 9.84 Å². The minimum absolute atomic E-state index is 0.0781. The summed E-state index contributed by atoms with van der Waals surface area (Å²) >= 11 is 0. The topological polar surface area (TPSA) is 66.5 Å². The van der Waals surface area contributed by atoms with E-state index in [1.54, 1.807) is 19.1 Å². The number of likely N-dealkylation sites (tertiary alicyclic amines) is 1. The molecule has 22 heavy (non-hydrogen) atoms. The molecule has 1 aromatic carbocycles. The first-order valence-electron chi connectivity index (χ1n) is 7.57. The molecular formula is C16H24N2O3S. The molecule has 6 heteroatoms. The van der Waals surface area contributed by atoms with Crippen molar-refractivity contribution < 1.29 is 13.2 Å². The second-order valence-corrected chi connectivity index (χ2v) is 8.05. The fourth-order valence-electron chi connectivity index (χ4n) is 3.02. The lowest BCUT2D eigenvalue weighted by Crippen LogP contribution is -2.42. The highest BCUT2D eigenvalue weighted by atomic mass is 32.2. The molecule has 1 aliphatic heterocycles. The van der Waals surface area contributed by atoms with Crippen LogP contribution in [0.3, 0.4) is 0 Å². The van der Waals surface area contributed by atoms with E-state index in [0.29, 0.717) is 17.0 Å². The van der Waals surface area contributed by atoms with E-state index in [-0.39, 0.29) is 10.8 Å². The molecule has 1 unspecified atom stereocenters. The van der Waals surface area contributed by atoms with Gasteiger partial charge in [-0.1, -0.05) is 6.07 Å². The normalized spacial score (nSPS) is 19.2. The Labute approximate surface area is 132 Å². The van der Waals surface area contributed by atoms with Gasteiger partial charge in [-0.2, -0.15) is 0 Å². The maximum absolute atomic E-state index is 12.7. The van der Waals surface area contributed by atoms with Gasteiger partial charge in [0.25, 0.3) is 5.91 Å². The number of nitrogens with one attached hydrogen (secondary N) is 1. The first-order valence-corrected chi connectivity index (χ1v) is 9.46. The zero-order chi connectivity index (χ0) is 16.3. The predicted molar refractivity (Wildman–Crippen MR) is 86.8 cm³/mol. The summed E-state index contributed by atoms with van der Waals surface area (Å²) in [5.41, 5.74) is 1.13. The van der Waals surface area contributed by atoms with Crippen LogP contribution in [0.1, 0.15) is 28.8 Å². The molecule has 0 spiro atoms. The summed E-state index contributed by atoms with van der Waals surface area (Å²) < 4.78 is 23.6. The fraction of sp³-hybridized carbons (Fsp3) is 0.562. The van der Waals surface area contributed by atoms with Crippen LogP contribution in [0.25, 0.3) is 0 Å². The van der Waals surface area contributed by atoms with Gasteiger partial charge < -0.3 is 10.2 Å². The van der Waals surface area contributed by atoms with Gasteiger partial charge in [-0.05, 0) is 57.0 Å². The molecule has 0 saturated carbocycles. The molecule has 0 aliphatic carbocycles. The lowest BCUT2D eigenvalue weighted by Gasteiger charge is -2.33. The summed E-state index contributed by atoms with van der Waals surface area (Å²) in [5.74, 6) is 0.383. The third-order valence-electron chi connectivity index (χ3n) is 4.13. The summed E-state index contributed by atoms with van der Waals surface area (Å²) in [4.78, 5) is 14.7. The van der Waals surface area contributed by atoms with Gasteiger partial charge in [0, 0.05) is 24.9 Å². The maximum atomic E-state index is 12.7. The molecular weight excluding hydrogens is 300 g/mol. The predicted octanol–water partition coefficient (Wildman–Crippen LogP) is 1.47. The van der Waals surface area contributed by atoms with E-state index in [1.165, 1.54) is 12.3 Å². The van der Waals surface area contributed by atoms with Crippen molar-refractivity contribution in [1.29, 1.82) is 0 Å². The number of sulfone groups is 1. The van der Waals surface area contributed by atoms with Crippen molar-refractivity contribution in [1.82, 2.24) is 10.2 Å². The molecule has 5 nitrogen and oxygen atoms in total. The SMILES string of the molecule is CNCC1CCCN(C(=O)c2ccc(C)c(S(C)(=O)=O)c2)C1. The third-order valence-corrected chi connectivity index (χ3v) is 5.37. The van der Waals surface area contributed by atoms with Gasteiger partial charge in [-0.3, -0.25) is 4.79 Å². The summed E-state index contributed by atoms with van der Waals surface area (Å²) in [6, 6.07) is 4.93. The number of aryl methyl sites for hydroxylation is 1. The number of carbonyl (C=O) groups is 1. The molecule has 1 aliphatic rings. The number of nitrogens with zero attached hydrogens (tertiary/aromatic N) is 1. The minimum Gasteiger partial charge on any atom is -0.338 e. The molecule has 0 bridgehead atoms. The zero-order valence-electron chi connectivity index (χ0n) is 13.4. The Kier molecular flexibility index (Phi) is 5.24. The van der Waals surface area contributed by atoms with Gasteiger partial charge in [-0.25, -0.2) is 8.42 Å². The molecule has 1 fully saturated rings. The van der Waals surface area contributed by atoms with Crippen molar-refractivity contribution in [2.45, 2.75) is 24.7 Å². The van der Waals surface area contributed by atoms with Crippen LogP contribution >= 0.6 is 0 Å². The second-order valence-electron chi connectivity index (χ2n) is 6.07. The minimum atomic E-state index is -3.32. The van der Waals surface area contributed by atoms with Crippen molar-refractivity contribution in [2.24, 2.45) is 5.92 Å². The Hall–Kier alpha value is -1.40. The Morgan fingerprint density at radius 1 is 1.41 bits per heavy atom. The lowest BCUT2D eigenvalue weighted by molar-refractivity contribution is 0.0674. The van der Waals surface area contributed by atoms with Crippen molar-refractivity contribution in [3.8, 4) is 0 Å². The van der Waals surface area contributed by atoms with Crippen molar-refractivity contribution in [3.63, 3.8) is 0 Å². The first-order chi connectivity index (χ1) is 10.3. The summed E-state index contributed by atoms with van der Waals surface area (Å²) in [6.07, 6.45) is 3.28. The van der Waals surface area contributed by atoms with Crippen LogP contribution in [-0.4, -0.2) is 52.2 Å². The molecule has 1 aromatic rings. The molecule has 1 atom stereocenters. The fourth-order valence-corrected chi connectivity index (χ4v) is 4.01. The molecule has 0 radical (unpaired) electrons. The van der Waals surface area contributed by atoms with Crippen LogP contribution in [0.15, 0.2) is 23.1 Å². The number of hydrogen-bond acceptors (Lipinski definition) is 4. The third kappa shape index (κ3) is 3.87. The van der Waals surface area contributed by atoms with Gasteiger partial charge in [-0.15, -0.1) is 0 Å². The van der Waals surface area contributed by atoms with Gasteiger partial charge in [0.05, 0.1) is 4.90 Å². The number of amides is 1. The van der Waals surface area contributed by atoms with Crippen LogP contribution in [0.5, 0.6) is 0 Å². The molecule has 1 heterocycles. The largest absolute Gasteiger partial charge is 0.338 e. The van der Waals surface area contributed by atoms with Crippen molar-refractivity contribution >= 4 is 15.7 Å². The van der Waals surface area contributed by atoms with E-state index in [1.807, 2.05) is 11.9 Å². The molecule has 0 aromatic heterocycles. The van der Waals surface area contributed by atoms with Crippen LogP contribution in [-0.2, 0) is 9.84 Å². The van der Waals surface area contributed by atoms with E-state index in [2.05, 4.69) is 5.32 Å². The highest BCUT2D eigenvalue weighted by Crippen LogP contribution is 2.21. The van der Waals surface area contributed by atoms with Crippen molar-refractivity contribution in [3.05, 3.63) is 29.3 Å². The molecule has 1 N–H and O–H groups in total. The Balaban J connectivity index is 2.23. The average molecular weight is 324 g/mol. The highest BCUT2D eigenvalue weighted by molar-refractivity contribution is 7.90. The smallest absolute Gasteiger partial charge is 0.253 e. The van der Waals surface area contributed by atoms with E-state index < -0.39 is 9.84 Å². The lowest BCUT2D eigenvalue weighted by atomic mass is 9.97. The molecule has 2 rings (SSSR count). The Bertz CT molecular complexity index is 653. The maximum Gasteiger partial charge on any atom is 0.253 e. The molecule has 1 amide bonds. The van der Waals surface area contributed by atoms with Crippen LogP contribution in [0.2, 0.25) is 0 Å². The summed E-state index contributed by atoms with van der Waals surface area (Å²) in [6.45, 7) is 4.10. The van der Waals surface area contributed by atoms with Crippen LogP contribution < -0.4 is 5.32 Å². The average Bonchev–Trinajstić information content (AvgIpc) is 2.46. The quantitative estimate of drug-likeness (QED) is 0.911. The Morgan fingerprint density at radius 3 is 2.77 bits per heavy atom. The number of carbonyl (C=O) groups excluding carboxylic acids is 1. The number of rotatable bonds is 4. The van der Waals surface area contributed by atoms with Gasteiger partial charge in [0.1, 0.15) is 0 Å². The molecule has 122 valence electrons. The van der Waals surface area contributed by atoms with E-state index >= 15 is 0 Å². The van der Waals surface area contributed by atoms with Crippen LogP contribution in [0, 0.1) is 12.8 Å². The monoisotopic (exact) mass is 324 g/mol. The van der Waals surface area contributed by atoms with Crippen LogP contribution in [0.4, 0.5) is 0 Å². The Morgan fingerprint density at radius 2 is 2.14 bits per heavy atom. The second kappa shape index (κ2) is 6.79. The number of benzene rings is 1. The first kappa shape index (κ1) is 17.0. The standard InChI is InChI=1S/C16H24N2O3S/c1-12-6-7-14(9-15(12)22(3,20)21)16(19)18-8-4-5-13(11-18)10-17-2/h6-7,9,13,17H,4-5,8,10-11H2,1-3H3. The zero-order valence-corrected chi connectivity index (χ0v) is 14.2. The highest BCUT2D eigenvalue weighted by Gasteiger charge is 2.25. The van der Waals surface area contributed by atoms with E-state index in [0.717, 1.165) is 32.5 Å². The van der Waals surface area contributed by atoms with Gasteiger partial charge in [0.2, 0.25) is 0 Å². The van der Waals surface area contributed by atoms with E-state index in [4.69, 9.17) is 0 Å². The summed E-state index contributed by atoms with van der Waals surface area (Å²) in [7, 11) is -1.40. The van der Waals surface area contributed by atoms with Gasteiger partial charge >= 0.3 is 0 Å². The number of piperidine rings is 1. The summed E-state index contributed by atoms with van der Waals surface area (Å²) in [5, 5.41) is 3.16. The number of hydrogen-bond donors (Lipinski definition) is 1. The van der Waals surface area contributed by atoms with Crippen molar-refractivity contribution in [2.75, 3.05) is 32.9 Å².